The van der Waals surface area contributed by atoms with Crippen LogP contribution < -0.4 is 10.5 Å². The smallest absolute Gasteiger partial charge is 0.128 e. The third-order valence-electron chi connectivity index (χ3n) is 2.58. The predicted molar refractivity (Wildman–Crippen MR) is 70.2 cm³/mol. The van der Waals surface area contributed by atoms with Gasteiger partial charge in [-0.1, -0.05) is 17.7 Å². The normalized spacial score (nSPS) is 12.2. The molecule has 0 fully saturated rings. The van der Waals surface area contributed by atoms with Gasteiger partial charge in [0.05, 0.1) is 6.04 Å². The molecule has 0 bridgehead atoms. The van der Waals surface area contributed by atoms with Crippen molar-refractivity contribution in [3.8, 4) is 5.75 Å². The second-order valence-corrected chi connectivity index (χ2v) is 4.48. The van der Waals surface area contributed by atoms with Crippen molar-refractivity contribution in [1.29, 1.82) is 0 Å². The Hall–Kier alpha value is -1.65. The van der Waals surface area contributed by atoms with Crippen LogP contribution in [0, 0.1) is 11.6 Å². The van der Waals surface area contributed by atoms with Crippen LogP contribution >= 0.6 is 11.6 Å². The zero-order valence-electron chi connectivity index (χ0n) is 9.95. The van der Waals surface area contributed by atoms with Crippen molar-refractivity contribution < 1.29 is 13.5 Å². The van der Waals surface area contributed by atoms with Crippen LogP contribution in [-0.2, 0) is 0 Å². The maximum atomic E-state index is 13.5. The lowest BCUT2D eigenvalue weighted by atomic mass is 10.1. The van der Waals surface area contributed by atoms with E-state index < -0.39 is 17.7 Å². The fraction of sp³-hybridized carbons (Fsp3) is 0.143. The summed E-state index contributed by atoms with van der Waals surface area (Å²) in [6, 6.07) is 9.17. The Labute approximate surface area is 114 Å². The topological polar surface area (TPSA) is 35.2 Å². The molecule has 0 aliphatic heterocycles. The second-order valence-electron chi connectivity index (χ2n) is 4.04. The molecule has 2 rings (SSSR count). The molecule has 19 heavy (non-hydrogen) atoms. The number of rotatable bonds is 4. The fourth-order valence-corrected chi connectivity index (χ4v) is 1.81. The first-order valence-electron chi connectivity index (χ1n) is 5.65. The van der Waals surface area contributed by atoms with Gasteiger partial charge in [-0.2, -0.15) is 0 Å². The Balaban J connectivity index is 2.05. The van der Waals surface area contributed by atoms with Crippen molar-refractivity contribution >= 4 is 11.6 Å². The highest BCUT2D eigenvalue weighted by Gasteiger charge is 2.13. The molecular formula is C14H12ClF2NO. The van der Waals surface area contributed by atoms with Gasteiger partial charge in [0.2, 0.25) is 0 Å². The van der Waals surface area contributed by atoms with E-state index in [9.17, 15) is 8.78 Å². The van der Waals surface area contributed by atoms with Crippen molar-refractivity contribution in [2.75, 3.05) is 6.61 Å². The maximum Gasteiger partial charge on any atom is 0.128 e. The molecule has 0 aliphatic rings. The Morgan fingerprint density at radius 1 is 1.16 bits per heavy atom. The lowest BCUT2D eigenvalue weighted by Gasteiger charge is -2.14. The van der Waals surface area contributed by atoms with Gasteiger partial charge in [0.25, 0.3) is 0 Å². The van der Waals surface area contributed by atoms with Crippen LogP contribution in [0.1, 0.15) is 11.6 Å². The van der Waals surface area contributed by atoms with Gasteiger partial charge in [-0.05, 0) is 36.4 Å². The summed E-state index contributed by atoms with van der Waals surface area (Å²) in [4.78, 5) is 0. The summed E-state index contributed by atoms with van der Waals surface area (Å²) in [5.74, 6) is -0.557. The average Bonchev–Trinajstić information content (AvgIpc) is 2.39. The molecule has 100 valence electrons. The van der Waals surface area contributed by atoms with Gasteiger partial charge in [-0.3, -0.25) is 0 Å². The van der Waals surface area contributed by atoms with Crippen LogP contribution in [0.4, 0.5) is 8.78 Å². The van der Waals surface area contributed by atoms with Crippen LogP contribution in [0.5, 0.6) is 5.75 Å². The Kier molecular flexibility index (Phi) is 4.35. The van der Waals surface area contributed by atoms with Crippen LogP contribution in [0.25, 0.3) is 0 Å². The van der Waals surface area contributed by atoms with E-state index in [1.165, 1.54) is 0 Å². The van der Waals surface area contributed by atoms with Gasteiger partial charge in [0.1, 0.15) is 24.0 Å². The van der Waals surface area contributed by atoms with Gasteiger partial charge in [0.15, 0.2) is 0 Å². The monoisotopic (exact) mass is 283 g/mol. The number of hydrogen-bond donors (Lipinski definition) is 1. The van der Waals surface area contributed by atoms with Crippen LogP contribution in [0.15, 0.2) is 42.5 Å². The van der Waals surface area contributed by atoms with E-state index >= 15 is 0 Å². The van der Waals surface area contributed by atoms with Gasteiger partial charge < -0.3 is 10.5 Å². The third kappa shape index (κ3) is 3.66. The second kappa shape index (κ2) is 5.99. The first-order valence-corrected chi connectivity index (χ1v) is 6.03. The first-order chi connectivity index (χ1) is 9.06. The molecule has 2 aromatic rings. The Bertz CT molecular complexity index is 577. The molecule has 2 aromatic carbocycles. The molecular weight excluding hydrogens is 272 g/mol. The molecule has 2 nitrogen and oxygen atoms in total. The molecule has 1 atom stereocenters. The number of halogens is 3. The quantitative estimate of drug-likeness (QED) is 0.929. The van der Waals surface area contributed by atoms with Crippen molar-refractivity contribution in [3.05, 3.63) is 64.7 Å². The Morgan fingerprint density at radius 2 is 1.95 bits per heavy atom. The molecule has 0 aliphatic carbocycles. The molecule has 0 heterocycles. The first kappa shape index (κ1) is 13.8. The van der Waals surface area contributed by atoms with E-state index in [4.69, 9.17) is 22.1 Å². The van der Waals surface area contributed by atoms with Crippen LogP contribution in [0.3, 0.4) is 0 Å². The van der Waals surface area contributed by atoms with Gasteiger partial charge in [-0.15, -0.1) is 0 Å². The van der Waals surface area contributed by atoms with Gasteiger partial charge in [0, 0.05) is 10.6 Å². The largest absolute Gasteiger partial charge is 0.492 e. The van der Waals surface area contributed by atoms with Crippen molar-refractivity contribution in [2.45, 2.75) is 6.04 Å². The molecule has 0 radical (unpaired) electrons. The summed E-state index contributed by atoms with van der Waals surface area (Å²) < 4.78 is 31.9. The minimum absolute atomic E-state index is 0.0285. The highest BCUT2D eigenvalue weighted by molar-refractivity contribution is 6.30. The summed E-state index contributed by atoms with van der Waals surface area (Å²) in [6.07, 6.45) is 0. The highest BCUT2D eigenvalue weighted by atomic mass is 35.5. The van der Waals surface area contributed by atoms with Crippen LogP contribution in [-0.4, -0.2) is 6.61 Å². The summed E-state index contributed by atoms with van der Waals surface area (Å²) in [6.45, 7) is 0.0285. The van der Waals surface area contributed by atoms with E-state index in [2.05, 4.69) is 0 Å². The summed E-state index contributed by atoms with van der Waals surface area (Å²) in [5, 5.41) is 0.531. The number of ether oxygens (including phenoxy) is 1. The van der Waals surface area contributed by atoms with Crippen molar-refractivity contribution in [3.63, 3.8) is 0 Å². The van der Waals surface area contributed by atoms with E-state index in [1.807, 2.05) is 0 Å². The molecule has 5 heteroatoms. The minimum Gasteiger partial charge on any atom is -0.492 e. The molecule has 0 amide bonds. The molecule has 2 N–H and O–H groups in total. The lowest BCUT2D eigenvalue weighted by molar-refractivity contribution is 0.287. The highest BCUT2D eigenvalue weighted by Crippen LogP contribution is 2.20. The standard InChI is InChI=1S/C14H12ClF2NO/c15-9-2-1-3-11(6-9)19-8-14(18)12-7-10(16)4-5-13(12)17/h1-7,14H,8,18H2. The summed E-state index contributed by atoms with van der Waals surface area (Å²) >= 11 is 5.80. The zero-order chi connectivity index (χ0) is 13.8. The third-order valence-corrected chi connectivity index (χ3v) is 2.82. The number of benzene rings is 2. The average molecular weight is 284 g/mol. The lowest BCUT2D eigenvalue weighted by Crippen LogP contribution is -2.20. The Morgan fingerprint density at radius 3 is 2.68 bits per heavy atom. The zero-order valence-corrected chi connectivity index (χ0v) is 10.7. The van der Waals surface area contributed by atoms with E-state index in [0.29, 0.717) is 10.8 Å². The fourth-order valence-electron chi connectivity index (χ4n) is 1.63. The molecule has 0 saturated carbocycles. The molecule has 0 aromatic heterocycles. The molecule has 1 unspecified atom stereocenters. The van der Waals surface area contributed by atoms with Gasteiger partial charge >= 0.3 is 0 Å². The molecule has 0 saturated heterocycles. The van der Waals surface area contributed by atoms with E-state index in [-0.39, 0.29) is 12.2 Å². The van der Waals surface area contributed by atoms with Crippen molar-refractivity contribution in [1.82, 2.24) is 0 Å². The summed E-state index contributed by atoms with van der Waals surface area (Å²) in [5.41, 5.74) is 5.87. The summed E-state index contributed by atoms with van der Waals surface area (Å²) in [7, 11) is 0. The number of hydrogen-bond acceptors (Lipinski definition) is 2. The van der Waals surface area contributed by atoms with Crippen molar-refractivity contribution in [2.24, 2.45) is 5.73 Å². The van der Waals surface area contributed by atoms with E-state index in [1.54, 1.807) is 24.3 Å². The number of nitrogens with two attached hydrogens (primary N) is 1. The van der Waals surface area contributed by atoms with Gasteiger partial charge in [-0.25, -0.2) is 8.78 Å². The minimum atomic E-state index is -0.755. The predicted octanol–water partition coefficient (Wildman–Crippen LogP) is 3.70. The molecule has 0 spiro atoms. The van der Waals surface area contributed by atoms with Crippen LogP contribution in [0.2, 0.25) is 5.02 Å². The maximum absolute atomic E-state index is 13.5. The van der Waals surface area contributed by atoms with E-state index in [0.717, 1.165) is 18.2 Å². The SMILES string of the molecule is NC(COc1cccc(Cl)c1)c1cc(F)ccc1F.